The SMILES string of the molecule is CCCC(C)(N)C(=O)NC(C)C(C)(C)c1ccccc1.Cl. The van der Waals surface area contributed by atoms with Gasteiger partial charge in [-0.1, -0.05) is 57.5 Å². The molecule has 0 saturated carbocycles. The van der Waals surface area contributed by atoms with E-state index < -0.39 is 5.54 Å². The van der Waals surface area contributed by atoms with Gasteiger partial charge in [0.1, 0.15) is 0 Å². The fourth-order valence-corrected chi connectivity index (χ4v) is 2.29. The van der Waals surface area contributed by atoms with E-state index in [9.17, 15) is 4.79 Å². The zero-order chi connectivity index (χ0) is 15.4. The molecule has 0 aliphatic heterocycles. The minimum atomic E-state index is -0.796. The van der Waals surface area contributed by atoms with Crippen molar-refractivity contribution in [3.8, 4) is 0 Å². The Bertz CT molecular complexity index is 443. The van der Waals surface area contributed by atoms with E-state index >= 15 is 0 Å². The number of carbonyl (C=O) groups is 1. The molecule has 2 unspecified atom stereocenters. The van der Waals surface area contributed by atoms with Gasteiger partial charge in [0, 0.05) is 11.5 Å². The average Bonchev–Trinajstić information content (AvgIpc) is 2.39. The molecule has 0 spiro atoms. The number of rotatable bonds is 6. The number of hydrogen-bond acceptors (Lipinski definition) is 2. The minimum absolute atomic E-state index is 0. The molecule has 3 N–H and O–H groups in total. The topological polar surface area (TPSA) is 55.1 Å². The summed E-state index contributed by atoms with van der Waals surface area (Å²) in [6, 6.07) is 10.2. The van der Waals surface area contributed by atoms with Crippen LogP contribution in [0.3, 0.4) is 0 Å². The Morgan fingerprint density at radius 1 is 1.24 bits per heavy atom. The summed E-state index contributed by atoms with van der Waals surface area (Å²) in [4.78, 5) is 12.3. The van der Waals surface area contributed by atoms with Crippen molar-refractivity contribution in [2.24, 2.45) is 5.73 Å². The van der Waals surface area contributed by atoms with Crippen molar-refractivity contribution in [2.45, 2.75) is 64.5 Å². The van der Waals surface area contributed by atoms with Gasteiger partial charge in [-0.3, -0.25) is 4.79 Å². The van der Waals surface area contributed by atoms with Crippen molar-refractivity contribution in [1.29, 1.82) is 0 Å². The quantitative estimate of drug-likeness (QED) is 0.845. The maximum Gasteiger partial charge on any atom is 0.240 e. The first-order valence-electron chi connectivity index (χ1n) is 7.37. The van der Waals surface area contributed by atoms with Gasteiger partial charge in [-0.25, -0.2) is 0 Å². The Hall–Kier alpha value is -1.06. The number of benzene rings is 1. The molecule has 1 amide bonds. The van der Waals surface area contributed by atoms with Crippen LogP contribution in [0.25, 0.3) is 0 Å². The van der Waals surface area contributed by atoms with Gasteiger partial charge in [-0.05, 0) is 25.8 Å². The van der Waals surface area contributed by atoms with Crippen LogP contribution in [0.4, 0.5) is 0 Å². The molecule has 0 aliphatic rings. The zero-order valence-electron chi connectivity index (χ0n) is 13.8. The second kappa shape index (κ2) is 7.81. The van der Waals surface area contributed by atoms with Crippen LogP contribution in [0.5, 0.6) is 0 Å². The predicted molar refractivity (Wildman–Crippen MR) is 91.8 cm³/mol. The standard InChI is InChI=1S/C17H28N2O.ClH/c1-6-12-17(5,18)15(20)19-13(2)16(3,4)14-10-8-7-9-11-14;/h7-11,13H,6,12,18H2,1-5H3,(H,19,20);1H. The Morgan fingerprint density at radius 3 is 2.24 bits per heavy atom. The molecule has 1 rings (SSSR count). The highest BCUT2D eigenvalue weighted by Crippen LogP contribution is 2.27. The predicted octanol–water partition coefficient (Wildman–Crippen LogP) is 3.41. The first-order valence-corrected chi connectivity index (χ1v) is 7.37. The zero-order valence-corrected chi connectivity index (χ0v) is 14.6. The van der Waals surface area contributed by atoms with Crippen LogP contribution in [0.2, 0.25) is 0 Å². The first-order chi connectivity index (χ1) is 9.21. The van der Waals surface area contributed by atoms with Crippen LogP contribution in [0.15, 0.2) is 30.3 Å². The molecule has 0 bridgehead atoms. The minimum Gasteiger partial charge on any atom is -0.351 e. The third kappa shape index (κ3) is 5.01. The molecule has 21 heavy (non-hydrogen) atoms. The Morgan fingerprint density at radius 2 is 1.76 bits per heavy atom. The lowest BCUT2D eigenvalue weighted by atomic mass is 9.78. The van der Waals surface area contributed by atoms with E-state index in [4.69, 9.17) is 5.73 Å². The van der Waals surface area contributed by atoms with E-state index in [1.165, 1.54) is 5.56 Å². The number of nitrogens with two attached hydrogens (primary N) is 1. The fourth-order valence-electron chi connectivity index (χ4n) is 2.29. The van der Waals surface area contributed by atoms with E-state index in [2.05, 4.69) is 31.3 Å². The van der Waals surface area contributed by atoms with Crippen LogP contribution in [-0.4, -0.2) is 17.5 Å². The highest BCUT2D eigenvalue weighted by atomic mass is 35.5. The lowest BCUT2D eigenvalue weighted by Crippen LogP contribution is -2.56. The fraction of sp³-hybridized carbons (Fsp3) is 0.588. The van der Waals surface area contributed by atoms with Gasteiger partial charge in [0.15, 0.2) is 0 Å². The van der Waals surface area contributed by atoms with Crippen LogP contribution in [0.1, 0.15) is 53.0 Å². The van der Waals surface area contributed by atoms with E-state index in [-0.39, 0.29) is 29.8 Å². The number of carbonyl (C=O) groups excluding carboxylic acids is 1. The highest BCUT2D eigenvalue weighted by molar-refractivity contribution is 5.86. The highest BCUT2D eigenvalue weighted by Gasteiger charge is 2.33. The molecule has 0 heterocycles. The summed E-state index contributed by atoms with van der Waals surface area (Å²) in [6.07, 6.45) is 1.59. The maximum atomic E-state index is 12.3. The molecule has 1 aromatic carbocycles. The van der Waals surface area contributed by atoms with Gasteiger partial charge >= 0.3 is 0 Å². The molecule has 4 heteroatoms. The van der Waals surface area contributed by atoms with Crippen LogP contribution < -0.4 is 11.1 Å². The Kier molecular flexibility index (Phi) is 7.41. The summed E-state index contributed by atoms with van der Waals surface area (Å²) >= 11 is 0. The van der Waals surface area contributed by atoms with Crippen LogP contribution in [0, 0.1) is 0 Å². The molecule has 0 radical (unpaired) electrons. The smallest absolute Gasteiger partial charge is 0.240 e. The molecule has 1 aromatic rings. The Balaban J connectivity index is 0.00000400. The van der Waals surface area contributed by atoms with Crippen molar-refractivity contribution in [2.75, 3.05) is 0 Å². The molecule has 0 aromatic heterocycles. The number of halogens is 1. The lowest BCUT2D eigenvalue weighted by molar-refractivity contribution is -0.127. The summed E-state index contributed by atoms with van der Waals surface area (Å²) in [5.74, 6) is -0.0733. The summed E-state index contributed by atoms with van der Waals surface area (Å²) in [7, 11) is 0. The van der Waals surface area contributed by atoms with Crippen molar-refractivity contribution in [3.63, 3.8) is 0 Å². The van der Waals surface area contributed by atoms with Gasteiger partial charge < -0.3 is 11.1 Å². The van der Waals surface area contributed by atoms with E-state index in [1.54, 1.807) is 6.92 Å². The van der Waals surface area contributed by atoms with Crippen molar-refractivity contribution >= 4 is 18.3 Å². The third-order valence-electron chi connectivity index (χ3n) is 4.24. The first kappa shape index (κ1) is 19.9. The molecular weight excluding hydrogens is 284 g/mol. The van der Waals surface area contributed by atoms with Gasteiger partial charge in [-0.2, -0.15) is 0 Å². The largest absolute Gasteiger partial charge is 0.351 e. The van der Waals surface area contributed by atoms with Crippen molar-refractivity contribution in [1.82, 2.24) is 5.32 Å². The second-order valence-electron chi connectivity index (χ2n) is 6.45. The average molecular weight is 313 g/mol. The van der Waals surface area contributed by atoms with Gasteiger partial charge in [-0.15, -0.1) is 12.4 Å². The molecular formula is C17H29ClN2O. The van der Waals surface area contributed by atoms with Crippen molar-refractivity contribution < 1.29 is 4.79 Å². The molecule has 120 valence electrons. The van der Waals surface area contributed by atoms with Gasteiger partial charge in [0.25, 0.3) is 0 Å². The maximum absolute atomic E-state index is 12.3. The van der Waals surface area contributed by atoms with Crippen molar-refractivity contribution in [3.05, 3.63) is 35.9 Å². The molecule has 0 fully saturated rings. The van der Waals surface area contributed by atoms with Crippen LogP contribution >= 0.6 is 12.4 Å². The summed E-state index contributed by atoms with van der Waals surface area (Å²) < 4.78 is 0. The normalized spacial score (nSPS) is 15.5. The van der Waals surface area contributed by atoms with Gasteiger partial charge in [0.2, 0.25) is 5.91 Å². The Labute approximate surface area is 135 Å². The molecule has 2 atom stereocenters. The monoisotopic (exact) mass is 312 g/mol. The number of hydrogen-bond donors (Lipinski definition) is 2. The number of nitrogens with one attached hydrogen (secondary N) is 1. The van der Waals surface area contributed by atoms with E-state index in [1.807, 2.05) is 32.0 Å². The number of amides is 1. The molecule has 0 aliphatic carbocycles. The van der Waals surface area contributed by atoms with Gasteiger partial charge in [0.05, 0.1) is 5.54 Å². The summed E-state index contributed by atoms with van der Waals surface area (Å²) in [6.45, 7) is 10.2. The summed E-state index contributed by atoms with van der Waals surface area (Å²) in [5, 5.41) is 3.08. The lowest BCUT2D eigenvalue weighted by Gasteiger charge is -2.35. The summed E-state index contributed by atoms with van der Waals surface area (Å²) in [5.41, 5.74) is 6.36. The molecule has 0 saturated heterocycles. The second-order valence-corrected chi connectivity index (χ2v) is 6.45. The van der Waals surface area contributed by atoms with E-state index in [0.717, 1.165) is 6.42 Å². The van der Waals surface area contributed by atoms with Crippen LogP contribution in [-0.2, 0) is 10.2 Å². The molecule has 3 nitrogen and oxygen atoms in total. The van der Waals surface area contributed by atoms with E-state index in [0.29, 0.717) is 6.42 Å². The third-order valence-corrected chi connectivity index (χ3v) is 4.24.